The molecule has 2 aromatic rings. The van der Waals surface area contributed by atoms with Crippen LogP contribution in [0.25, 0.3) is 11.1 Å². The maximum Gasteiger partial charge on any atom is 0.140 e. The molecule has 0 heterocycles. The second-order valence-corrected chi connectivity index (χ2v) is 6.08. The van der Waals surface area contributed by atoms with Gasteiger partial charge in [-0.1, -0.05) is 29.8 Å². The van der Waals surface area contributed by atoms with Gasteiger partial charge in [0.25, 0.3) is 0 Å². The lowest BCUT2D eigenvalue weighted by atomic mass is 9.82. The molecule has 0 aromatic heterocycles. The van der Waals surface area contributed by atoms with Crippen molar-refractivity contribution in [1.29, 1.82) is 0 Å². The molecule has 0 spiro atoms. The molecular formula is C18H14ClFO2. The maximum atomic E-state index is 13.4. The van der Waals surface area contributed by atoms with Gasteiger partial charge in [0.1, 0.15) is 17.4 Å². The fourth-order valence-corrected chi connectivity index (χ4v) is 3.15. The molecule has 22 heavy (non-hydrogen) atoms. The van der Waals surface area contributed by atoms with Gasteiger partial charge < -0.3 is 0 Å². The standard InChI is InChI=1S/C18H14ClFO2/c19-15-5-12(11-2-1-3-16(20)7-11)4-13(6-15)14-8-17(21)10-18(22)9-14/h1-7,14H,8-10H2. The van der Waals surface area contributed by atoms with Gasteiger partial charge >= 0.3 is 0 Å². The van der Waals surface area contributed by atoms with E-state index in [9.17, 15) is 14.0 Å². The van der Waals surface area contributed by atoms with Gasteiger partial charge in [0, 0.05) is 17.9 Å². The van der Waals surface area contributed by atoms with E-state index in [1.807, 2.05) is 6.07 Å². The van der Waals surface area contributed by atoms with Crippen LogP contribution in [0.2, 0.25) is 5.02 Å². The largest absolute Gasteiger partial charge is 0.299 e. The minimum Gasteiger partial charge on any atom is -0.299 e. The van der Waals surface area contributed by atoms with Crippen molar-refractivity contribution >= 4 is 23.2 Å². The first-order valence-electron chi connectivity index (χ1n) is 7.11. The summed E-state index contributed by atoms with van der Waals surface area (Å²) in [5.74, 6) is -0.524. The number of hydrogen-bond donors (Lipinski definition) is 0. The zero-order chi connectivity index (χ0) is 15.7. The number of carbonyl (C=O) groups excluding carboxylic acids is 2. The summed E-state index contributed by atoms with van der Waals surface area (Å²) in [6.07, 6.45) is 0.747. The molecule has 1 aliphatic carbocycles. The van der Waals surface area contributed by atoms with Crippen LogP contribution in [0, 0.1) is 5.82 Å². The summed E-state index contributed by atoms with van der Waals surface area (Å²) in [4.78, 5) is 23.3. The molecule has 3 rings (SSSR count). The van der Waals surface area contributed by atoms with E-state index >= 15 is 0 Å². The van der Waals surface area contributed by atoms with E-state index < -0.39 is 0 Å². The summed E-state index contributed by atoms with van der Waals surface area (Å²) in [6.45, 7) is 0. The van der Waals surface area contributed by atoms with Crippen LogP contribution in [0.1, 0.15) is 30.7 Å². The minimum atomic E-state index is -0.318. The molecule has 0 amide bonds. The Morgan fingerprint density at radius 1 is 0.955 bits per heavy atom. The molecule has 2 nitrogen and oxygen atoms in total. The number of rotatable bonds is 2. The zero-order valence-electron chi connectivity index (χ0n) is 11.8. The SMILES string of the molecule is O=C1CC(=O)CC(c2cc(Cl)cc(-c3cccc(F)c3)c2)C1. The van der Waals surface area contributed by atoms with Crippen LogP contribution in [0.5, 0.6) is 0 Å². The van der Waals surface area contributed by atoms with Crippen LogP contribution in [0.4, 0.5) is 4.39 Å². The Balaban J connectivity index is 1.99. The molecule has 1 saturated carbocycles. The Hall–Kier alpha value is -2.00. The van der Waals surface area contributed by atoms with E-state index in [-0.39, 0.29) is 29.7 Å². The van der Waals surface area contributed by atoms with Gasteiger partial charge in [-0.3, -0.25) is 9.59 Å². The third kappa shape index (κ3) is 3.25. The van der Waals surface area contributed by atoms with Gasteiger partial charge in [-0.2, -0.15) is 0 Å². The molecule has 2 aromatic carbocycles. The van der Waals surface area contributed by atoms with Crippen molar-refractivity contribution < 1.29 is 14.0 Å². The number of ketones is 2. The predicted molar refractivity (Wildman–Crippen MR) is 83.5 cm³/mol. The van der Waals surface area contributed by atoms with Crippen LogP contribution in [-0.2, 0) is 9.59 Å². The smallest absolute Gasteiger partial charge is 0.140 e. The lowest BCUT2D eigenvalue weighted by molar-refractivity contribution is -0.130. The summed E-state index contributed by atoms with van der Waals surface area (Å²) in [7, 11) is 0. The summed E-state index contributed by atoms with van der Waals surface area (Å²) in [5, 5.41) is 0.516. The van der Waals surface area contributed by atoms with Crippen LogP contribution >= 0.6 is 11.6 Å². The number of Topliss-reactive ketones (excluding diaryl/α,β-unsaturated/α-hetero) is 2. The summed E-state index contributed by atoms with van der Waals surface area (Å²) < 4.78 is 13.4. The summed E-state index contributed by atoms with van der Waals surface area (Å²) >= 11 is 6.17. The van der Waals surface area contributed by atoms with Crippen molar-refractivity contribution in [1.82, 2.24) is 0 Å². The molecule has 1 aliphatic rings. The molecule has 0 bridgehead atoms. The Bertz CT molecular complexity index is 739. The Morgan fingerprint density at radius 2 is 1.68 bits per heavy atom. The van der Waals surface area contributed by atoms with Crippen molar-refractivity contribution in [3.8, 4) is 11.1 Å². The van der Waals surface area contributed by atoms with Crippen molar-refractivity contribution in [3.05, 3.63) is 58.9 Å². The van der Waals surface area contributed by atoms with Crippen molar-refractivity contribution in [2.24, 2.45) is 0 Å². The third-order valence-electron chi connectivity index (χ3n) is 3.89. The van der Waals surface area contributed by atoms with Crippen LogP contribution in [0.3, 0.4) is 0 Å². The average Bonchev–Trinajstić information content (AvgIpc) is 2.45. The Kier molecular flexibility index (Phi) is 4.08. The fraction of sp³-hybridized carbons (Fsp3) is 0.222. The predicted octanol–water partition coefficient (Wildman–Crippen LogP) is 4.55. The van der Waals surface area contributed by atoms with Gasteiger partial charge in [-0.05, 0) is 46.9 Å². The van der Waals surface area contributed by atoms with E-state index in [0.29, 0.717) is 17.9 Å². The Morgan fingerprint density at radius 3 is 2.36 bits per heavy atom. The molecule has 112 valence electrons. The van der Waals surface area contributed by atoms with E-state index in [1.54, 1.807) is 24.3 Å². The lowest BCUT2D eigenvalue weighted by Gasteiger charge is -2.21. The number of hydrogen-bond acceptors (Lipinski definition) is 2. The zero-order valence-corrected chi connectivity index (χ0v) is 12.6. The molecule has 0 saturated heterocycles. The Labute approximate surface area is 132 Å². The topological polar surface area (TPSA) is 34.1 Å². The average molecular weight is 317 g/mol. The van der Waals surface area contributed by atoms with Gasteiger partial charge in [0.05, 0.1) is 6.42 Å². The molecular weight excluding hydrogens is 303 g/mol. The molecule has 0 aliphatic heterocycles. The van der Waals surface area contributed by atoms with Gasteiger partial charge in [0.15, 0.2) is 0 Å². The van der Waals surface area contributed by atoms with Gasteiger partial charge in [0.2, 0.25) is 0 Å². The highest BCUT2D eigenvalue weighted by Gasteiger charge is 2.27. The third-order valence-corrected chi connectivity index (χ3v) is 4.11. The quantitative estimate of drug-likeness (QED) is 0.762. The molecule has 0 unspecified atom stereocenters. The van der Waals surface area contributed by atoms with Crippen LogP contribution in [-0.4, -0.2) is 11.6 Å². The lowest BCUT2D eigenvalue weighted by Crippen LogP contribution is -2.21. The van der Waals surface area contributed by atoms with E-state index in [0.717, 1.165) is 16.7 Å². The number of benzene rings is 2. The summed E-state index contributed by atoms with van der Waals surface area (Å²) in [6, 6.07) is 11.7. The highest BCUT2D eigenvalue weighted by atomic mass is 35.5. The number of carbonyl (C=O) groups is 2. The molecule has 0 atom stereocenters. The van der Waals surface area contributed by atoms with Crippen LogP contribution < -0.4 is 0 Å². The molecule has 0 radical (unpaired) electrons. The second kappa shape index (κ2) is 6.01. The van der Waals surface area contributed by atoms with E-state index in [2.05, 4.69) is 0 Å². The molecule has 0 N–H and O–H groups in total. The highest BCUT2D eigenvalue weighted by Crippen LogP contribution is 2.34. The fourth-order valence-electron chi connectivity index (χ4n) is 2.90. The normalized spacial score (nSPS) is 16.1. The highest BCUT2D eigenvalue weighted by molar-refractivity contribution is 6.31. The monoisotopic (exact) mass is 316 g/mol. The van der Waals surface area contributed by atoms with Gasteiger partial charge in [-0.15, -0.1) is 0 Å². The minimum absolute atomic E-state index is 0.0338. The molecule has 4 heteroatoms. The summed E-state index contributed by atoms with van der Waals surface area (Å²) in [5.41, 5.74) is 2.36. The first kappa shape index (κ1) is 14.9. The molecule has 1 fully saturated rings. The van der Waals surface area contributed by atoms with Crippen molar-refractivity contribution in [2.75, 3.05) is 0 Å². The number of halogens is 2. The first-order chi connectivity index (χ1) is 10.5. The van der Waals surface area contributed by atoms with Crippen molar-refractivity contribution in [3.63, 3.8) is 0 Å². The second-order valence-electron chi connectivity index (χ2n) is 5.64. The van der Waals surface area contributed by atoms with E-state index in [1.165, 1.54) is 12.1 Å². The maximum absolute atomic E-state index is 13.4. The van der Waals surface area contributed by atoms with Crippen LogP contribution in [0.15, 0.2) is 42.5 Å². The van der Waals surface area contributed by atoms with Crippen molar-refractivity contribution in [2.45, 2.75) is 25.2 Å². The van der Waals surface area contributed by atoms with E-state index in [4.69, 9.17) is 11.6 Å². The van der Waals surface area contributed by atoms with Gasteiger partial charge in [-0.25, -0.2) is 4.39 Å². The first-order valence-corrected chi connectivity index (χ1v) is 7.49.